The molecule has 47 heavy (non-hydrogen) atoms. The molecule has 0 aromatic heterocycles. The lowest BCUT2D eigenvalue weighted by atomic mass is 9.82. The molecule has 0 spiro atoms. The summed E-state index contributed by atoms with van der Waals surface area (Å²) in [5.41, 5.74) is 7.23. The summed E-state index contributed by atoms with van der Waals surface area (Å²) in [6, 6.07) is 25.5. The monoisotopic (exact) mass is 741 g/mol. The number of carbonyl (C=O) groups excluding carboxylic acids is 1. The van der Waals surface area contributed by atoms with Crippen molar-refractivity contribution in [1.82, 2.24) is 10.9 Å². The first kappa shape index (κ1) is 34.5. The highest BCUT2D eigenvalue weighted by Gasteiger charge is 2.54. The van der Waals surface area contributed by atoms with Gasteiger partial charge in [0.25, 0.3) is 5.91 Å². The van der Waals surface area contributed by atoms with Crippen LogP contribution in [0.5, 0.6) is 17.2 Å². The van der Waals surface area contributed by atoms with Crippen molar-refractivity contribution < 1.29 is 28.8 Å². The van der Waals surface area contributed by atoms with E-state index in [1.165, 1.54) is 0 Å². The number of para-hydroxylation sites is 1. The fourth-order valence-corrected chi connectivity index (χ4v) is 6.26. The molecule has 0 fully saturated rings. The topological polar surface area (TPSA) is 111 Å². The maximum absolute atomic E-state index is 14.5. The lowest BCUT2D eigenvalue weighted by molar-refractivity contribution is -0.130. The van der Waals surface area contributed by atoms with Gasteiger partial charge in [-0.1, -0.05) is 75.5 Å². The van der Waals surface area contributed by atoms with Crippen molar-refractivity contribution in [3.63, 3.8) is 0 Å². The van der Waals surface area contributed by atoms with E-state index in [0.717, 1.165) is 15.6 Å². The van der Waals surface area contributed by atoms with Crippen molar-refractivity contribution in [3.8, 4) is 17.2 Å². The summed E-state index contributed by atoms with van der Waals surface area (Å²) in [6.07, 6.45) is -0.241. The second-order valence-corrected chi connectivity index (χ2v) is 12.4. The maximum atomic E-state index is 14.5. The van der Waals surface area contributed by atoms with Gasteiger partial charge in [-0.05, 0) is 54.1 Å². The van der Waals surface area contributed by atoms with Crippen LogP contribution in [0.15, 0.2) is 94.4 Å². The zero-order valence-electron chi connectivity index (χ0n) is 25.8. The molecule has 246 valence electrons. The molecule has 1 aliphatic heterocycles. The summed E-state index contributed by atoms with van der Waals surface area (Å²) in [7, 11) is 3.13. The zero-order valence-corrected chi connectivity index (χ0v) is 28.9. The van der Waals surface area contributed by atoms with E-state index in [0.29, 0.717) is 51.4 Å². The van der Waals surface area contributed by atoms with E-state index in [2.05, 4.69) is 26.8 Å². The number of aliphatic imine (C=N–C) groups is 1. The molecular weight excluding hydrogens is 709 g/mol. The van der Waals surface area contributed by atoms with E-state index in [9.17, 15) is 4.79 Å². The van der Waals surface area contributed by atoms with Crippen LogP contribution < -0.4 is 25.1 Å². The molecule has 4 aromatic carbocycles. The van der Waals surface area contributed by atoms with Crippen molar-refractivity contribution in [2.24, 2.45) is 4.99 Å². The first-order valence-corrected chi connectivity index (χ1v) is 16.4. The van der Waals surface area contributed by atoms with Crippen molar-refractivity contribution in [1.29, 1.82) is 0 Å². The average Bonchev–Trinajstić information content (AvgIpc) is 3.46. The minimum atomic E-state index is -1.52. The molecule has 12 heteroatoms. The van der Waals surface area contributed by atoms with Crippen LogP contribution in [0.3, 0.4) is 0 Å². The van der Waals surface area contributed by atoms with Crippen molar-refractivity contribution >= 4 is 50.9 Å². The van der Waals surface area contributed by atoms with E-state index in [1.807, 2.05) is 48.5 Å². The number of amides is 1. The number of benzene rings is 4. The lowest BCUT2D eigenvalue weighted by Gasteiger charge is -2.31. The molecule has 0 radical (unpaired) electrons. The van der Waals surface area contributed by atoms with Crippen LogP contribution in [0, 0.1) is 0 Å². The number of carbonyl (C=O) groups is 1. The number of methoxy groups -OCH3 is 2. The number of rotatable bonds is 14. The van der Waals surface area contributed by atoms with Gasteiger partial charge < -0.3 is 24.1 Å². The molecule has 0 bridgehead atoms. The second kappa shape index (κ2) is 15.9. The number of nitrogens with one attached hydrogen (secondary N) is 2. The highest BCUT2D eigenvalue weighted by molar-refractivity contribution is 9.10. The highest BCUT2D eigenvalue weighted by atomic mass is 79.9. The summed E-state index contributed by atoms with van der Waals surface area (Å²) >= 11 is 16.7. The fraction of sp³-hybridized carbons (Fsp3) is 0.257. The zero-order chi connectivity index (χ0) is 33.4. The number of ether oxygens (including phenoxy) is 4. The standard InChI is InChI=1S/C35H34BrCl2N3O6/c1-44-30-10-5-8-24(31(30)45-2)21-39-41-34(43)35(20-23-7-3-4-9-28(23)36)32(27-16-13-25(37)19-29(27)38)47-33(40-35)22-11-14-26(15-12-22)46-18-6-17-42/h3-5,7-16,19,32,39,42H,6,17-18,20-21H2,1-2H3,(H,41,43)/t32-,35-/m0/s1. The van der Waals surface area contributed by atoms with Gasteiger partial charge in [0.1, 0.15) is 5.75 Å². The lowest BCUT2D eigenvalue weighted by Crippen LogP contribution is -2.53. The van der Waals surface area contributed by atoms with Crippen LogP contribution in [0.2, 0.25) is 10.0 Å². The first-order chi connectivity index (χ1) is 22.8. The van der Waals surface area contributed by atoms with Crippen LogP contribution in [0.1, 0.15) is 34.8 Å². The van der Waals surface area contributed by atoms with Gasteiger partial charge in [0.2, 0.25) is 5.90 Å². The number of aliphatic hydroxyl groups is 1. The summed E-state index contributed by atoms with van der Waals surface area (Å²) in [5, 5.41) is 9.87. The number of hydrogen-bond acceptors (Lipinski definition) is 8. The summed E-state index contributed by atoms with van der Waals surface area (Å²) in [6.45, 7) is 0.661. The van der Waals surface area contributed by atoms with Crippen molar-refractivity contribution in [2.75, 3.05) is 27.4 Å². The van der Waals surface area contributed by atoms with Crippen LogP contribution in [0.4, 0.5) is 0 Å². The van der Waals surface area contributed by atoms with Crippen molar-refractivity contribution in [3.05, 3.63) is 122 Å². The first-order valence-electron chi connectivity index (χ1n) is 14.8. The van der Waals surface area contributed by atoms with E-state index < -0.39 is 17.6 Å². The molecule has 1 amide bonds. The van der Waals surface area contributed by atoms with E-state index in [4.69, 9.17) is 52.2 Å². The van der Waals surface area contributed by atoms with Crippen LogP contribution >= 0.6 is 39.1 Å². The Morgan fingerprint density at radius 3 is 2.47 bits per heavy atom. The Hall–Kier alpha value is -3.80. The Labute approximate surface area is 291 Å². The van der Waals surface area contributed by atoms with E-state index >= 15 is 0 Å². The van der Waals surface area contributed by atoms with Gasteiger partial charge in [-0.3, -0.25) is 10.2 Å². The normalized spacial score (nSPS) is 17.1. The number of nitrogens with zero attached hydrogens (tertiary/aromatic N) is 1. The Bertz CT molecular complexity index is 1740. The van der Waals surface area contributed by atoms with Gasteiger partial charge in [0.05, 0.1) is 20.8 Å². The third-order valence-corrected chi connectivity index (χ3v) is 8.99. The predicted octanol–water partition coefficient (Wildman–Crippen LogP) is 6.85. The Morgan fingerprint density at radius 2 is 1.77 bits per heavy atom. The average molecular weight is 743 g/mol. The summed E-state index contributed by atoms with van der Waals surface area (Å²) in [5.74, 6) is 1.58. The predicted molar refractivity (Wildman–Crippen MR) is 186 cm³/mol. The smallest absolute Gasteiger partial charge is 0.266 e. The van der Waals surface area contributed by atoms with E-state index in [-0.39, 0.29) is 25.5 Å². The third-order valence-electron chi connectivity index (χ3n) is 7.66. The molecule has 3 N–H and O–H groups in total. The number of hydrazine groups is 1. The van der Waals surface area contributed by atoms with Crippen LogP contribution in [0.25, 0.3) is 0 Å². The Kier molecular flexibility index (Phi) is 11.7. The SMILES string of the molecule is COc1cccc(CNNC(=O)[C@@]2(Cc3ccccc3Br)N=C(c3ccc(OCCCO)cc3)O[C@H]2c2ccc(Cl)cc2Cl)c1OC. The molecule has 0 saturated heterocycles. The van der Waals surface area contributed by atoms with Crippen LogP contribution in [-0.4, -0.2) is 49.9 Å². The highest BCUT2D eigenvalue weighted by Crippen LogP contribution is 2.45. The second-order valence-electron chi connectivity index (χ2n) is 10.7. The molecule has 0 unspecified atom stereocenters. The van der Waals surface area contributed by atoms with E-state index in [1.54, 1.807) is 50.6 Å². The van der Waals surface area contributed by atoms with Crippen LogP contribution in [-0.2, 0) is 22.5 Å². The van der Waals surface area contributed by atoms with Gasteiger partial charge in [-0.2, -0.15) is 0 Å². The van der Waals surface area contributed by atoms with Gasteiger partial charge >= 0.3 is 0 Å². The maximum Gasteiger partial charge on any atom is 0.266 e. The quantitative estimate of drug-likeness (QED) is 0.0958. The molecule has 0 aliphatic carbocycles. The minimum Gasteiger partial charge on any atom is -0.494 e. The molecule has 2 atom stereocenters. The largest absolute Gasteiger partial charge is 0.494 e. The third kappa shape index (κ3) is 7.85. The van der Waals surface area contributed by atoms with Gasteiger partial charge in [0, 0.05) is 57.2 Å². The summed E-state index contributed by atoms with van der Waals surface area (Å²) in [4.78, 5) is 19.6. The Balaban J connectivity index is 1.55. The molecule has 1 heterocycles. The van der Waals surface area contributed by atoms with Gasteiger partial charge in [0.15, 0.2) is 23.1 Å². The molecule has 5 rings (SSSR count). The number of aliphatic hydroxyl groups excluding tert-OH is 1. The molecule has 0 saturated carbocycles. The number of hydrogen-bond donors (Lipinski definition) is 3. The minimum absolute atomic E-state index is 0.0427. The van der Waals surface area contributed by atoms with Crippen molar-refractivity contribution in [2.45, 2.75) is 31.0 Å². The van der Waals surface area contributed by atoms with Gasteiger partial charge in [-0.15, -0.1) is 0 Å². The fourth-order valence-electron chi connectivity index (χ4n) is 5.33. The summed E-state index contributed by atoms with van der Waals surface area (Å²) < 4.78 is 24.1. The molecule has 4 aromatic rings. The molecule has 9 nitrogen and oxygen atoms in total. The molecular formula is C35H34BrCl2N3O6. The van der Waals surface area contributed by atoms with Gasteiger partial charge in [-0.25, -0.2) is 10.4 Å². The number of halogens is 3. The molecule has 1 aliphatic rings. The Morgan fingerprint density at radius 1 is 1.00 bits per heavy atom.